The monoisotopic (exact) mass is 334 g/mol. The van der Waals surface area contributed by atoms with Crippen LogP contribution in [0.3, 0.4) is 0 Å². The van der Waals surface area contributed by atoms with Crippen LogP contribution in [-0.4, -0.2) is 50.3 Å². The Balaban J connectivity index is 1.82. The summed E-state index contributed by atoms with van der Waals surface area (Å²) in [5.41, 5.74) is 1.72. The quantitative estimate of drug-likeness (QED) is 0.604. The van der Waals surface area contributed by atoms with E-state index in [-0.39, 0.29) is 16.7 Å². The van der Waals surface area contributed by atoms with Crippen LogP contribution in [0.2, 0.25) is 0 Å². The highest BCUT2D eigenvalue weighted by molar-refractivity contribution is 5.61. The predicted molar refractivity (Wildman–Crippen MR) is 88.2 cm³/mol. The van der Waals surface area contributed by atoms with Crippen molar-refractivity contribution in [2.75, 3.05) is 24.6 Å². The summed E-state index contributed by atoms with van der Waals surface area (Å²) in [6.45, 7) is 6.19. The smallest absolute Gasteiger partial charge is 0.334 e. The van der Waals surface area contributed by atoms with Crippen LogP contribution in [0.15, 0.2) is 12.4 Å². The second-order valence-electron chi connectivity index (χ2n) is 6.03. The fourth-order valence-corrected chi connectivity index (χ4v) is 3.14. The highest BCUT2D eigenvalue weighted by atomic mass is 16.6. The first kappa shape index (κ1) is 16.4. The minimum absolute atomic E-state index is 0.0716. The molecule has 2 aromatic rings. The van der Waals surface area contributed by atoms with Gasteiger partial charge < -0.3 is 9.64 Å². The molecular formula is C15H22N6O3. The minimum atomic E-state index is -0.331. The first-order valence-corrected chi connectivity index (χ1v) is 8.05. The summed E-state index contributed by atoms with van der Waals surface area (Å²) in [7, 11) is 1.75. The van der Waals surface area contributed by atoms with Gasteiger partial charge in [-0.15, -0.1) is 0 Å². The molecular weight excluding hydrogens is 312 g/mol. The molecule has 130 valence electrons. The topological polar surface area (TPSA) is 91.2 Å². The molecule has 0 spiro atoms. The van der Waals surface area contributed by atoms with Gasteiger partial charge >= 0.3 is 5.69 Å². The number of hydrogen-bond acceptors (Lipinski definition) is 6. The van der Waals surface area contributed by atoms with Crippen LogP contribution in [-0.2, 0) is 24.8 Å². The third-order valence-electron chi connectivity index (χ3n) is 4.17. The molecule has 1 atom stereocenters. The third-order valence-corrected chi connectivity index (χ3v) is 4.17. The van der Waals surface area contributed by atoms with Crippen LogP contribution in [0.5, 0.6) is 0 Å². The van der Waals surface area contributed by atoms with Crippen molar-refractivity contribution in [2.45, 2.75) is 32.9 Å². The highest BCUT2D eigenvalue weighted by Gasteiger charge is 2.32. The zero-order valence-electron chi connectivity index (χ0n) is 14.2. The van der Waals surface area contributed by atoms with Gasteiger partial charge in [-0.1, -0.05) is 6.92 Å². The fourth-order valence-electron chi connectivity index (χ4n) is 3.14. The summed E-state index contributed by atoms with van der Waals surface area (Å²) in [5, 5.41) is 20.1. The van der Waals surface area contributed by atoms with Crippen molar-refractivity contribution in [2.24, 2.45) is 7.05 Å². The summed E-state index contributed by atoms with van der Waals surface area (Å²) in [4.78, 5) is 13.2. The number of rotatable bonds is 5. The third kappa shape index (κ3) is 3.12. The first-order chi connectivity index (χ1) is 11.5. The number of nitro groups is 1. The van der Waals surface area contributed by atoms with Gasteiger partial charge in [0.1, 0.15) is 5.69 Å². The van der Waals surface area contributed by atoms with Gasteiger partial charge in [0.15, 0.2) is 0 Å². The summed E-state index contributed by atoms with van der Waals surface area (Å²) in [6, 6.07) is 0. The Morgan fingerprint density at radius 1 is 1.50 bits per heavy atom. The summed E-state index contributed by atoms with van der Waals surface area (Å²) in [5.74, 6) is 0.557. The second kappa shape index (κ2) is 6.60. The van der Waals surface area contributed by atoms with Gasteiger partial charge in [0.05, 0.1) is 30.4 Å². The molecule has 1 aliphatic heterocycles. The average molecular weight is 334 g/mol. The lowest BCUT2D eigenvalue weighted by molar-refractivity contribution is -0.384. The maximum atomic E-state index is 11.5. The van der Waals surface area contributed by atoms with E-state index in [0.717, 1.165) is 5.56 Å². The van der Waals surface area contributed by atoms with Crippen LogP contribution in [0.25, 0.3) is 0 Å². The van der Waals surface area contributed by atoms with E-state index in [4.69, 9.17) is 4.74 Å². The Labute approximate surface area is 140 Å². The maximum absolute atomic E-state index is 11.5. The molecule has 0 amide bonds. The van der Waals surface area contributed by atoms with E-state index >= 15 is 0 Å². The molecule has 0 N–H and O–H groups in total. The van der Waals surface area contributed by atoms with E-state index in [1.807, 2.05) is 29.6 Å². The molecule has 3 rings (SSSR count). The number of ether oxygens (including phenoxy) is 1. The lowest BCUT2D eigenvalue weighted by Crippen LogP contribution is -2.45. The van der Waals surface area contributed by atoms with E-state index in [1.165, 1.54) is 0 Å². The molecule has 0 bridgehead atoms. The second-order valence-corrected chi connectivity index (χ2v) is 6.03. The van der Waals surface area contributed by atoms with Crippen LogP contribution in [0.4, 0.5) is 11.5 Å². The molecule has 9 heteroatoms. The molecule has 0 aromatic carbocycles. The van der Waals surface area contributed by atoms with Crippen molar-refractivity contribution in [3.05, 3.63) is 33.8 Å². The molecule has 9 nitrogen and oxygen atoms in total. The number of hydrogen-bond donors (Lipinski definition) is 0. The zero-order chi connectivity index (χ0) is 17.3. The van der Waals surface area contributed by atoms with Crippen molar-refractivity contribution in [1.82, 2.24) is 19.6 Å². The molecule has 1 aliphatic rings. The van der Waals surface area contributed by atoms with Crippen molar-refractivity contribution in [3.8, 4) is 0 Å². The van der Waals surface area contributed by atoms with Crippen molar-refractivity contribution >= 4 is 11.5 Å². The average Bonchev–Trinajstić information content (AvgIpc) is 3.10. The molecule has 0 radical (unpaired) electrons. The van der Waals surface area contributed by atoms with E-state index in [2.05, 4.69) is 10.2 Å². The van der Waals surface area contributed by atoms with Gasteiger partial charge in [0, 0.05) is 26.3 Å². The molecule has 0 saturated carbocycles. The number of morpholine rings is 1. The molecule has 0 aliphatic carbocycles. The Kier molecular flexibility index (Phi) is 4.52. The number of aromatic nitrogens is 4. The van der Waals surface area contributed by atoms with Crippen molar-refractivity contribution in [1.29, 1.82) is 0 Å². The molecule has 2 aromatic heterocycles. The van der Waals surface area contributed by atoms with Gasteiger partial charge in [0.2, 0.25) is 5.82 Å². The van der Waals surface area contributed by atoms with Crippen molar-refractivity contribution in [3.63, 3.8) is 0 Å². The van der Waals surface area contributed by atoms with Gasteiger partial charge in [-0.25, -0.2) is 4.68 Å². The van der Waals surface area contributed by atoms with E-state index in [1.54, 1.807) is 17.9 Å². The Morgan fingerprint density at radius 3 is 2.92 bits per heavy atom. The highest BCUT2D eigenvalue weighted by Crippen LogP contribution is 2.32. The normalized spacial score (nSPS) is 18.1. The molecule has 24 heavy (non-hydrogen) atoms. The van der Waals surface area contributed by atoms with Crippen LogP contribution in [0.1, 0.15) is 18.2 Å². The lowest BCUT2D eigenvalue weighted by Gasteiger charge is -2.33. The number of anilines is 1. The van der Waals surface area contributed by atoms with Crippen molar-refractivity contribution < 1.29 is 9.66 Å². The fraction of sp³-hybridized carbons (Fsp3) is 0.600. The van der Waals surface area contributed by atoms with E-state index < -0.39 is 0 Å². The Morgan fingerprint density at radius 2 is 2.29 bits per heavy atom. The number of nitrogens with zero attached hydrogens (tertiary/aromatic N) is 6. The van der Waals surface area contributed by atoms with Crippen LogP contribution >= 0.6 is 0 Å². The van der Waals surface area contributed by atoms with E-state index in [9.17, 15) is 10.1 Å². The van der Waals surface area contributed by atoms with Gasteiger partial charge in [0.25, 0.3) is 0 Å². The minimum Gasteiger partial charge on any atom is -0.373 e. The van der Waals surface area contributed by atoms with Gasteiger partial charge in [-0.3, -0.25) is 14.8 Å². The maximum Gasteiger partial charge on any atom is 0.334 e. The Bertz CT molecular complexity index is 738. The lowest BCUT2D eigenvalue weighted by atomic mass is 10.2. The summed E-state index contributed by atoms with van der Waals surface area (Å²) < 4.78 is 9.27. The van der Waals surface area contributed by atoms with Crippen LogP contribution in [0, 0.1) is 17.0 Å². The number of aryl methyl sites for hydroxylation is 3. The summed E-state index contributed by atoms with van der Waals surface area (Å²) in [6.07, 6.45) is 4.23. The van der Waals surface area contributed by atoms with E-state index in [0.29, 0.717) is 44.2 Å². The first-order valence-electron chi connectivity index (χ1n) is 8.05. The predicted octanol–water partition coefficient (Wildman–Crippen LogP) is 1.30. The summed E-state index contributed by atoms with van der Waals surface area (Å²) >= 11 is 0. The zero-order valence-corrected chi connectivity index (χ0v) is 14.2. The molecule has 3 heterocycles. The largest absolute Gasteiger partial charge is 0.373 e. The standard InChI is InChI=1S/C15H22N6O3/c1-4-13-14(21(22)23)15(18(3)17-13)19-5-6-24-12(9-19)10-20-8-11(2)7-16-20/h7-8,12H,4-6,9-10H2,1-3H3. The van der Waals surface area contributed by atoms with Gasteiger partial charge in [-0.2, -0.15) is 10.2 Å². The van der Waals surface area contributed by atoms with Gasteiger partial charge in [-0.05, 0) is 18.9 Å². The van der Waals surface area contributed by atoms with Crippen LogP contribution < -0.4 is 4.90 Å². The molecule has 1 fully saturated rings. The Hall–Kier alpha value is -2.42. The molecule has 1 unspecified atom stereocenters. The SMILES string of the molecule is CCc1nn(C)c(N2CCOC(Cn3cc(C)cn3)C2)c1[N+](=O)[O-]. The molecule has 1 saturated heterocycles.